The van der Waals surface area contributed by atoms with Crippen LogP contribution in [0, 0.1) is 0 Å². The molecule has 0 N–H and O–H groups in total. The lowest BCUT2D eigenvalue weighted by Crippen LogP contribution is -2.26. The van der Waals surface area contributed by atoms with Crippen LogP contribution in [0.5, 0.6) is 0 Å². The second-order valence-corrected chi connectivity index (χ2v) is 25.4. The van der Waals surface area contributed by atoms with Gasteiger partial charge in [0.15, 0.2) is 0 Å². The molecule has 0 unspecified atom stereocenters. The van der Waals surface area contributed by atoms with Gasteiger partial charge in [-0.15, -0.1) is 0 Å². The molecule has 402 valence electrons. The van der Waals surface area contributed by atoms with E-state index in [-0.39, 0.29) is 10.8 Å². The van der Waals surface area contributed by atoms with Crippen LogP contribution in [0.15, 0.2) is 253 Å². The second-order valence-electron chi connectivity index (χ2n) is 25.4. The summed E-state index contributed by atoms with van der Waals surface area (Å²) in [4.78, 5) is 4.94. The van der Waals surface area contributed by atoms with Crippen molar-refractivity contribution in [1.82, 2.24) is 0 Å². The van der Waals surface area contributed by atoms with E-state index in [2.05, 4.69) is 314 Å². The maximum Gasteiger partial charge on any atom is 0.145 e. The van der Waals surface area contributed by atoms with Crippen molar-refractivity contribution >= 4 is 77.6 Å². The normalized spacial score (nSPS) is 13.3. The molecule has 0 saturated heterocycles. The van der Waals surface area contributed by atoms with Crippen LogP contribution in [-0.2, 0) is 16.2 Å². The van der Waals surface area contributed by atoms with E-state index in [0.29, 0.717) is 5.92 Å². The summed E-state index contributed by atoms with van der Waals surface area (Å²) in [7, 11) is 0. The molecule has 0 atom stereocenters. The molecule has 0 saturated carbocycles. The van der Waals surface area contributed by atoms with Gasteiger partial charge in [-0.1, -0.05) is 231 Å². The summed E-state index contributed by atoms with van der Waals surface area (Å²) >= 11 is 0. The van der Waals surface area contributed by atoms with Crippen molar-refractivity contribution in [1.29, 1.82) is 0 Å². The van der Waals surface area contributed by atoms with Gasteiger partial charge in [0.1, 0.15) is 11.2 Å². The van der Waals surface area contributed by atoms with E-state index in [0.717, 1.165) is 61.6 Å². The maximum absolute atomic E-state index is 7.56. The monoisotopic (exact) mass is 1070 g/mol. The standard InChI is InChI=1S/C80H66N2O/c1-50(2)51-30-38-56(39-31-51)81(57-42-34-54(35-43-57)78(3,4)5)60-46-47-65-67(48-60)61-22-12-13-25-64(61)74-75-70(80(76(65)74)68-27-17-14-23-62(68)63-24-15-18-28-69(63)80)49-71(73-66-26-16-19-29-72(66)83-77(73)75)82(59-44-36-55(37-45-59)79(6,7)8)58-40-32-53(33-41-58)52-20-10-9-11-21-52/h9-50H,1-8H3. The average molecular weight is 1070 g/mol. The highest BCUT2D eigenvalue weighted by Gasteiger charge is 2.54. The highest BCUT2D eigenvalue weighted by Crippen LogP contribution is 2.68. The van der Waals surface area contributed by atoms with E-state index in [1.807, 2.05) is 0 Å². The first-order valence-corrected chi connectivity index (χ1v) is 29.5. The predicted molar refractivity (Wildman–Crippen MR) is 351 cm³/mol. The van der Waals surface area contributed by atoms with Crippen LogP contribution in [0.4, 0.5) is 34.1 Å². The van der Waals surface area contributed by atoms with Gasteiger partial charge in [0.2, 0.25) is 0 Å². The highest BCUT2D eigenvalue weighted by atomic mass is 16.3. The predicted octanol–water partition coefficient (Wildman–Crippen LogP) is 22.6. The van der Waals surface area contributed by atoms with Crippen molar-refractivity contribution in [3.63, 3.8) is 0 Å². The number of para-hydroxylation sites is 1. The van der Waals surface area contributed by atoms with E-state index in [4.69, 9.17) is 4.42 Å². The van der Waals surface area contributed by atoms with Gasteiger partial charge in [0.25, 0.3) is 0 Å². The molecule has 3 nitrogen and oxygen atoms in total. The zero-order chi connectivity index (χ0) is 56.5. The highest BCUT2D eigenvalue weighted by molar-refractivity contribution is 6.26. The molecule has 1 aromatic heterocycles. The molecule has 15 rings (SSSR count). The summed E-state index contributed by atoms with van der Waals surface area (Å²) in [5.74, 6) is 0.423. The molecule has 0 amide bonds. The van der Waals surface area contributed by atoms with Gasteiger partial charge in [-0.05, 0) is 178 Å². The molecule has 0 fully saturated rings. The number of hydrogen-bond donors (Lipinski definition) is 0. The Morgan fingerprint density at radius 2 is 0.855 bits per heavy atom. The first-order chi connectivity index (χ1) is 40.3. The quantitative estimate of drug-likeness (QED) is 0.141. The Hall–Kier alpha value is -9.44. The zero-order valence-corrected chi connectivity index (χ0v) is 48.6. The Morgan fingerprint density at radius 1 is 0.373 bits per heavy atom. The fourth-order valence-corrected chi connectivity index (χ4v) is 14.0. The van der Waals surface area contributed by atoms with Crippen molar-refractivity contribution in [2.75, 3.05) is 9.80 Å². The van der Waals surface area contributed by atoms with Gasteiger partial charge < -0.3 is 14.2 Å². The Bertz CT molecular complexity index is 4640. The van der Waals surface area contributed by atoms with Crippen LogP contribution in [0.25, 0.3) is 76.9 Å². The van der Waals surface area contributed by atoms with Gasteiger partial charge >= 0.3 is 0 Å². The summed E-state index contributed by atoms with van der Waals surface area (Å²) in [6.07, 6.45) is 0. The van der Waals surface area contributed by atoms with Gasteiger partial charge in [-0.3, -0.25) is 0 Å². The molecule has 1 spiro atoms. The summed E-state index contributed by atoms with van der Waals surface area (Å²) < 4.78 is 7.56. The third-order valence-corrected chi connectivity index (χ3v) is 18.2. The summed E-state index contributed by atoms with van der Waals surface area (Å²) in [6, 6.07) is 93.6. The van der Waals surface area contributed by atoms with Gasteiger partial charge in [-0.2, -0.15) is 0 Å². The minimum atomic E-state index is -0.752. The van der Waals surface area contributed by atoms with Crippen LogP contribution < -0.4 is 9.80 Å². The molecule has 12 aromatic carbocycles. The van der Waals surface area contributed by atoms with Crippen LogP contribution in [0.2, 0.25) is 0 Å². The average Bonchev–Trinajstić information content (AvgIpc) is 1.57. The summed E-state index contributed by atoms with van der Waals surface area (Å²) in [5, 5.41) is 7.01. The minimum absolute atomic E-state index is 0.0222. The van der Waals surface area contributed by atoms with Crippen molar-refractivity contribution < 1.29 is 4.42 Å². The molecule has 83 heavy (non-hydrogen) atoms. The van der Waals surface area contributed by atoms with Crippen molar-refractivity contribution in [2.24, 2.45) is 0 Å². The Morgan fingerprint density at radius 3 is 1.45 bits per heavy atom. The first-order valence-electron chi connectivity index (χ1n) is 29.5. The zero-order valence-electron chi connectivity index (χ0n) is 48.6. The molecule has 3 heteroatoms. The number of fused-ring (bicyclic) bond motifs is 19. The first kappa shape index (κ1) is 50.5. The van der Waals surface area contributed by atoms with E-state index >= 15 is 0 Å². The molecular weight excluding hydrogens is 1000 g/mol. The molecule has 2 aliphatic carbocycles. The number of hydrogen-bond acceptors (Lipinski definition) is 3. The Kier molecular flexibility index (Phi) is 11.4. The van der Waals surface area contributed by atoms with Gasteiger partial charge in [0, 0.05) is 39.4 Å². The van der Waals surface area contributed by atoms with E-state index < -0.39 is 5.41 Å². The van der Waals surface area contributed by atoms with E-state index in [1.165, 1.54) is 88.3 Å². The van der Waals surface area contributed by atoms with Crippen LogP contribution in [0.3, 0.4) is 0 Å². The Labute approximate surface area is 487 Å². The molecule has 13 aromatic rings. The number of rotatable bonds is 8. The third kappa shape index (κ3) is 7.77. The number of furan rings is 1. The summed E-state index contributed by atoms with van der Waals surface area (Å²) in [6.45, 7) is 18.3. The largest absolute Gasteiger partial charge is 0.455 e. The Balaban J connectivity index is 1.06. The third-order valence-electron chi connectivity index (χ3n) is 18.2. The second kappa shape index (κ2) is 18.8. The van der Waals surface area contributed by atoms with Crippen molar-refractivity contribution in [2.45, 2.75) is 77.6 Å². The maximum atomic E-state index is 7.56. The number of anilines is 6. The van der Waals surface area contributed by atoms with Crippen molar-refractivity contribution in [3.8, 4) is 33.4 Å². The SMILES string of the molecule is CC(C)c1ccc(N(c2ccc(C(C)(C)C)cc2)c2ccc3c4c(c5ccccc5c3c2)-c2c(cc(N(c3ccc(-c5ccccc5)cc3)c3ccc(C(C)(C)C)cc3)c3c2oc2ccccc23)C42c3ccccc3-c3ccccc32)cc1. The molecule has 2 aliphatic rings. The fraction of sp³-hybridized carbons (Fsp3) is 0.150. The van der Waals surface area contributed by atoms with E-state index in [9.17, 15) is 0 Å². The van der Waals surface area contributed by atoms with Gasteiger partial charge in [-0.25, -0.2) is 0 Å². The van der Waals surface area contributed by atoms with Crippen LogP contribution in [-0.4, -0.2) is 0 Å². The lowest BCUT2D eigenvalue weighted by atomic mass is 9.69. The van der Waals surface area contributed by atoms with Crippen LogP contribution in [0.1, 0.15) is 100 Å². The topological polar surface area (TPSA) is 19.6 Å². The molecule has 0 radical (unpaired) electrons. The molecule has 0 aliphatic heterocycles. The minimum Gasteiger partial charge on any atom is -0.455 e. The van der Waals surface area contributed by atoms with Gasteiger partial charge in [0.05, 0.1) is 16.5 Å². The van der Waals surface area contributed by atoms with E-state index in [1.54, 1.807) is 0 Å². The smallest absolute Gasteiger partial charge is 0.145 e. The lowest BCUT2D eigenvalue weighted by molar-refractivity contribution is 0.590. The fourth-order valence-electron chi connectivity index (χ4n) is 14.0. The molecular formula is C80H66N2O. The number of benzene rings is 12. The summed E-state index contributed by atoms with van der Waals surface area (Å²) in [5.41, 5.74) is 23.8. The lowest BCUT2D eigenvalue weighted by Gasteiger charge is -2.33. The molecule has 0 bridgehead atoms. The number of nitrogens with zero attached hydrogens (tertiary/aromatic N) is 2. The van der Waals surface area contributed by atoms with Crippen molar-refractivity contribution in [3.05, 3.63) is 288 Å². The van der Waals surface area contributed by atoms with Crippen LogP contribution >= 0.6 is 0 Å². The molecule has 1 heterocycles.